The maximum atomic E-state index is 13.0. The summed E-state index contributed by atoms with van der Waals surface area (Å²) in [6.45, 7) is 3.41. The number of aliphatic hydroxyl groups is 1. The lowest BCUT2D eigenvalue weighted by molar-refractivity contribution is -0.00898. The van der Waals surface area contributed by atoms with Crippen LogP contribution in [-0.4, -0.2) is 61.4 Å². The number of carbonyl (C=O) groups is 1. The molecule has 2 atom stereocenters. The zero-order valence-electron chi connectivity index (χ0n) is 14.2. The fraction of sp³-hybridized carbons (Fsp3) is 0.611. The van der Waals surface area contributed by atoms with Gasteiger partial charge in [-0.15, -0.1) is 12.4 Å². The third kappa shape index (κ3) is 3.18. The number of carbonyl (C=O) groups excluding carboxylic acids is 1. The first-order chi connectivity index (χ1) is 11.7. The number of aliphatic hydroxyl groups excluding tert-OH is 1. The summed E-state index contributed by atoms with van der Waals surface area (Å²) in [5, 5.41) is 13.4. The third-order valence-corrected chi connectivity index (χ3v) is 5.66. The molecule has 2 N–H and O–H groups in total. The van der Waals surface area contributed by atoms with Crippen LogP contribution in [0, 0.1) is 5.41 Å². The van der Waals surface area contributed by atoms with Crippen molar-refractivity contribution in [3.05, 3.63) is 23.8 Å². The lowest BCUT2D eigenvalue weighted by Crippen LogP contribution is -2.62. The van der Waals surface area contributed by atoms with Crippen molar-refractivity contribution in [2.75, 3.05) is 39.5 Å². The Kier molecular flexibility index (Phi) is 5.41. The number of likely N-dealkylation sites (tertiary alicyclic amines) is 1. The van der Waals surface area contributed by atoms with Gasteiger partial charge in [-0.25, -0.2) is 0 Å². The lowest BCUT2D eigenvalue weighted by atomic mass is 9.70. The Bertz CT molecular complexity index is 642. The molecule has 0 unspecified atom stereocenters. The Morgan fingerprint density at radius 2 is 2.16 bits per heavy atom. The molecule has 3 aliphatic rings. The van der Waals surface area contributed by atoms with Crippen LogP contribution in [0.4, 0.5) is 0 Å². The van der Waals surface area contributed by atoms with Crippen molar-refractivity contribution in [1.29, 1.82) is 0 Å². The van der Waals surface area contributed by atoms with Crippen molar-refractivity contribution in [1.82, 2.24) is 10.2 Å². The van der Waals surface area contributed by atoms with E-state index in [-0.39, 0.29) is 36.4 Å². The van der Waals surface area contributed by atoms with Gasteiger partial charge in [0.15, 0.2) is 11.5 Å². The van der Waals surface area contributed by atoms with E-state index in [9.17, 15) is 9.90 Å². The average Bonchev–Trinajstić information content (AvgIpc) is 2.66. The molecule has 1 amide bonds. The number of nitrogens with zero attached hydrogens (tertiary/aromatic N) is 1. The molecule has 0 bridgehead atoms. The van der Waals surface area contributed by atoms with Gasteiger partial charge in [0, 0.05) is 24.5 Å². The van der Waals surface area contributed by atoms with Gasteiger partial charge in [-0.3, -0.25) is 4.79 Å². The number of hydrogen-bond acceptors (Lipinski definition) is 5. The van der Waals surface area contributed by atoms with Gasteiger partial charge in [0.1, 0.15) is 13.2 Å². The second kappa shape index (κ2) is 7.40. The molecule has 0 saturated carbocycles. The van der Waals surface area contributed by atoms with E-state index in [0.717, 1.165) is 25.8 Å². The number of amides is 1. The zero-order valence-corrected chi connectivity index (χ0v) is 15.0. The summed E-state index contributed by atoms with van der Waals surface area (Å²) < 4.78 is 11.3. The standard InChI is InChI=1S/C18H24N2O4.ClH/c21-12-18-5-2-7-19-15(18)11-20(8-6-18)17(22)13-3-1-4-14-16(13)24-10-9-23-14;/h1,3-4,15,19,21H,2,5-12H2;1H/t15-,18-;/m1./s1. The molecule has 4 rings (SSSR count). The predicted molar refractivity (Wildman–Crippen MR) is 95.7 cm³/mol. The van der Waals surface area contributed by atoms with E-state index in [0.29, 0.717) is 43.4 Å². The van der Waals surface area contributed by atoms with Crippen LogP contribution >= 0.6 is 12.4 Å². The Morgan fingerprint density at radius 1 is 1.32 bits per heavy atom. The Balaban J connectivity index is 0.00000182. The van der Waals surface area contributed by atoms with Crippen LogP contribution in [0.5, 0.6) is 11.5 Å². The molecule has 3 aliphatic heterocycles. The van der Waals surface area contributed by atoms with Gasteiger partial charge in [-0.2, -0.15) is 0 Å². The minimum Gasteiger partial charge on any atom is -0.486 e. The number of para-hydroxylation sites is 1. The number of halogens is 1. The molecule has 1 aromatic carbocycles. The van der Waals surface area contributed by atoms with E-state index >= 15 is 0 Å². The van der Waals surface area contributed by atoms with Gasteiger partial charge in [0.2, 0.25) is 0 Å². The molecule has 0 aromatic heterocycles. The number of hydrogen-bond donors (Lipinski definition) is 2. The number of benzene rings is 1. The third-order valence-electron chi connectivity index (χ3n) is 5.66. The van der Waals surface area contributed by atoms with Gasteiger partial charge < -0.3 is 24.8 Å². The molecule has 0 radical (unpaired) electrons. The minimum absolute atomic E-state index is 0. The number of rotatable bonds is 2. The summed E-state index contributed by atoms with van der Waals surface area (Å²) >= 11 is 0. The predicted octanol–water partition coefficient (Wildman–Crippen LogP) is 1.46. The Hall–Kier alpha value is -1.50. The van der Waals surface area contributed by atoms with Crippen molar-refractivity contribution in [3.63, 3.8) is 0 Å². The highest BCUT2D eigenvalue weighted by Gasteiger charge is 2.45. The lowest BCUT2D eigenvalue weighted by Gasteiger charge is -2.50. The van der Waals surface area contributed by atoms with Crippen molar-refractivity contribution in [3.8, 4) is 11.5 Å². The molecule has 6 nitrogen and oxygen atoms in total. The van der Waals surface area contributed by atoms with Gasteiger partial charge in [-0.05, 0) is 37.9 Å². The fourth-order valence-electron chi connectivity index (χ4n) is 4.20. The van der Waals surface area contributed by atoms with E-state index < -0.39 is 0 Å². The quantitative estimate of drug-likeness (QED) is 0.827. The van der Waals surface area contributed by atoms with E-state index in [2.05, 4.69) is 5.32 Å². The molecule has 7 heteroatoms. The Labute approximate surface area is 153 Å². The number of ether oxygens (including phenoxy) is 2. The normalized spacial score (nSPS) is 27.9. The second-order valence-electron chi connectivity index (χ2n) is 6.96. The maximum Gasteiger partial charge on any atom is 0.257 e. The van der Waals surface area contributed by atoms with Gasteiger partial charge >= 0.3 is 0 Å². The van der Waals surface area contributed by atoms with Crippen LogP contribution in [0.1, 0.15) is 29.6 Å². The largest absolute Gasteiger partial charge is 0.486 e. The summed E-state index contributed by atoms with van der Waals surface area (Å²) in [5.74, 6) is 1.19. The van der Waals surface area contributed by atoms with Crippen LogP contribution in [-0.2, 0) is 0 Å². The van der Waals surface area contributed by atoms with Gasteiger partial charge in [0.05, 0.1) is 12.2 Å². The summed E-state index contributed by atoms with van der Waals surface area (Å²) in [4.78, 5) is 14.9. The van der Waals surface area contributed by atoms with Crippen molar-refractivity contribution in [2.45, 2.75) is 25.3 Å². The van der Waals surface area contributed by atoms with E-state index in [1.807, 2.05) is 17.0 Å². The van der Waals surface area contributed by atoms with Crippen molar-refractivity contribution < 1.29 is 19.4 Å². The molecular weight excluding hydrogens is 344 g/mol. The molecular formula is C18H25ClN2O4. The highest BCUT2D eigenvalue weighted by molar-refractivity contribution is 5.98. The molecule has 3 heterocycles. The summed E-state index contributed by atoms with van der Waals surface area (Å²) in [5.41, 5.74) is 0.490. The monoisotopic (exact) mass is 368 g/mol. The van der Waals surface area contributed by atoms with E-state index in [1.54, 1.807) is 6.07 Å². The van der Waals surface area contributed by atoms with Crippen LogP contribution < -0.4 is 14.8 Å². The van der Waals surface area contributed by atoms with E-state index in [4.69, 9.17) is 9.47 Å². The van der Waals surface area contributed by atoms with Gasteiger partial charge in [-0.1, -0.05) is 6.07 Å². The zero-order chi connectivity index (χ0) is 16.6. The summed E-state index contributed by atoms with van der Waals surface area (Å²) in [6, 6.07) is 5.63. The first kappa shape index (κ1) is 18.3. The molecule has 0 spiro atoms. The molecule has 2 saturated heterocycles. The van der Waals surface area contributed by atoms with Crippen LogP contribution in [0.25, 0.3) is 0 Å². The summed E-state index contributed by atoms with van der Waals surface area (Å²) in [7, 11) is 0. The molecule has 25 heavy (non-hydrogen) atoms. The molecule has 1 aromatic rings. The Morgan fingerprint density at radius 3 is 3.00 bits per heavy atom. The number of piperidine rings is 2. The highest BCUT2D eigenvalue weighted by Crippen LogP contribution is 2.40. The number of nitrogens with one attached hydrogen (secondary N) is 1. The van der Waals surface area contributed by atoms with Crippen LogP contribution in [0.2, 0.25) is 0 Å². The molecule has 138 valence electrons. The molecule has 0 aliphatic carbocycles. The first-order valence-electron chi connectivity index (χ1n) is 8.76. The average molecular weight is 369 g/mol. The van der Waals surface area contributed by atoms with Crippen molar-refractivity contribution >= 4 is 18.3 Å². The maximum absolute atomic E-state index is 13.0. The minimum atomic E-state index is -0.0786. The SMILES string of the molecule is Cl.O=C(c1cccc2c1OCCO2)N1CC[C@@]2(CO)CCCN[C@@H]2C1. The van der Waals surface area contributed by atoms with Crippen molar-refractivity contribution in [2.24, 2.45) is 5.41 Å². The van der Waals surface area contributed by atoms with Crippen LogP contribution in [0.15, 0.2) is 18.2 Å². The van der Waals surface area contributed by atoms with E-state index in [1.165, 1.54) is 0 Å². The topological polar surface area (TPSA) is 71.0 Å². The second-order valence-corrected chi connectivity index (χ2v) is 6.96. The first-order valence-corrected chi connectivity index (χ1v) is 8.76. The van der Waals surface area contributed by atoms with Crippen LogP contribution in [0.3, 0.4) is 0 Å². The van der Waals surface area contributed by atoms with Gasteiger partial charge in [0.25, 0.3) is 5.91 Å². The smallest absolute Gasteiger partial charge is 0.257 e. The fourth-order valence-corrected chi connectivity index (χ4v) is 4.20. The number of fused-ring (bicyclic) bond motifs is 2. The highest BCUT2D eigenvalue weighted by atomic mass is 35.5. The molecule has 2 fully saturated rings. The summed E-state index contributed by atoms with van der Waals surface area (Å²) in [6.07, 6.45) is 2.95.